The second kappa shape index (κ2) is 5.80. The first-order valence-corrected chi connectivity index (χ1v) is 6.08. The summed E-state index contributed by atoms with van der Waals surface area (Å²) in [6, 6.07) is 11.4. The van der Waals surface area contributed by atoms with E-state index in [1.807, 2.05) is 55.5 Å². The first-order valence-electron chi connectivity index (χ1n) is 5.70. The Morgan fingerprint density at radius 1 is 1.17 bits per heavy atom. The summed E-state index contributed by atoms with van der Waals surface area (Å²) in [6.45, 7) is 1.91. The fraction of sp³-hybridized carbons (Fsp3) is 0.133. The molecule has 0 spiro atoms. The molecule has 0 amide bonds. The van der Waals surface area contributed by atoms with Gasteiger partial charge in [-0.25, -0.2) is 0 Å². The molecule has 2 nitrogen and oxygen atoms in total. The van der Waals surface area contributed by atoms with Gasteiger partial charge in [0.05, 0.1) is 12.3 Å². The molecule has 1 heterocycles. The van der Waals surface area contributed by atoms with Crippen LogP contribution in [-0.2, 0) is 6.61 Å². The lowest BCUT2D eigenvalue weighted by molar-refractivity contribution is 0.281. The zero-order chi connectivity index (χ0) is 13.0. The van der Waals surface area contributed by atoms with E-state index in [1.54, 1.807) is 0 Å². The average Bonchev–Trinajstić information content (AvgIpc) is 2.38. The lowest BCUT2D eigenvalue weighted by Crippen LogP contribution is -1.94. The Bertz CT molecular complexity index is 578. The van der Waals surface area contributed by atoms with Crippen LogP contribution in [0, 0.1) is 6.92 Å². The molecule has 2 aromatic rings. The minimum atomic E-state index is -0.0184. The Labute approximate surface area is 112 Å². The molecule has 0 saturated heterocycles. The molecule has 3 heteroatoms. The SMILES string of the molecule is Cc1ccc(CO)c(C=Cc2ccccc2Cl)n1. The van der Waals surface area contributed by atoms with Crippen molar-refractivity contribution in [1.82, 2.24) is 4.98 Å². The summed E-state index contributed by atoms with van der Waals surface area (Å²) in [5, 5.41) is 9.96. The van der Waals surface area contributed by atoms with E-state index in [2.05, 4.69) is 4.98 Å². The minimum absolute atomic E-state index is 0.0184. The number of benzene rings is 1. The number of nitrogens with zero attached hydrogens (tertiary/aromatic N) is 1. The Hall–Kier alpha value is -1.64. The Balaban J connectivity index is 2.34. The van der Waals surface area contributed by atoms with Crippen molar-refractivity contribution in [3.63, 3.8) is 0 Å². The van der Waals surface area contributed by atoms with E-state index in [4.69, 9.17) is 11.6 Å². The summed E-state index contributed by atoms with van der Waals surface area (Å²) in [4.78, 5) is 4.40. The van der Waals surface area contributed by atoms with Gasteiger partial charge in [-0.1, -0.05) is 41.9 Å². The molecule has 0 bridgehead atoms. The average molecular weight is 260 g/mol. The lowest BCUT2D eigenvalue weighted by atomic mass is 10.1. The lowest BCUT2D eigenvalue weighted by Gasteiger charge is -2.03. The number of halogens is 1. The van der Waals surface area contributed by atoms with Gasteiger partial charge in [-0.05, 0) is 30.7 Å². The van der Waals surface area contributed by atoms with E-state index in [0.29, 0.717) is 5.02 Å². The maximum atomic E-state index is 9.26. The van der Waals surface area contributed by atoms with Gasteiger partial charge in [-0.2, -0.15) is 0 Å². The molecule has 0 atom stereocenters. The highest BCUT2D eigenvalue weighted by molar-refractivity contribution is 6.32. The van der Waals surface area contributed by atoms with Crippen LogP contribution in [0.2, 0.25) is 5.02 Å². The van der Waals surface area contributed by atoms with E-state index < -0.39 is 0 Å². The standard InChI is InChI=1S/C15H14ClNO/c1-11-6-7-13(10-18)15(17-11)9-8-12-4-2-3-5-14(12)16/h2-9,18H,10H2,1H3. The molecule has 18 heavy (non-hydrogen) atoms. The number of aliphatic hydroxyl groups excluding tert-OH is 1. The zero-order valence-corrected chi connectivity index (χ0v) is 10.9. The van der Waals surface area contributed by atoms with Crippen LogP contribution in [0.15, 0.2) is 36.4 Å². The molecular formula is C15H14ClNO. The maximum absolute atomic E-state index is 9.26. The third kappa shape index (κ3) is 2.97. The number of rotatable bonds is 3. The van der Waals surface area contributed by atoms with Gasteiger partial charge in [0.2, 0.25) is 0 Å². The van der Waals surface area contributed by atoms with Crippen LogP contribution in [0.5, 0.6) is 0 Å². The molecule has 0 unspecified atom stereocenters. The summed E-state index contributed by atoms with van der Waals surface area (Å²) in [5.74, 6) is 0. The van der Waals surface area contributed by atoms with Crippen LogP contribution in [-0.4, -0.2) is 10.1 Å². The monoisotopic (exact) mass is 259 g/mol. The molecule has 92 valence electrons. The van der Waals surface area contributed by atoms with Crippen LogP contribution >= 0.6 is 11.6 Å². The number of aliphatic hydroxyl groups is 1. The van der Waals surface area contributed by atoms with Crippen molar-refractivity contribution >= 4 is 23.8 Å². The van der Waals surface area contributed by atoms with Crippen LogP contribution in [0.25, 0.3) is 12.2 Å². The number of aryl methyl sites for hydroxylation is 1. The van der Waals surface area contributed by atoms with Crippen molar-refractivity contribution < 1.29 is 5.11 Å². The molecule has 0 aliphatic carbocycles. The second-order valence-corrected chi connectivity index (χ2v) is 4.42. The predicted molar refractivity (Wildman–Crippen MR) is 75.3 cm³/mol. The summed E-state index contributed by atoms with van der Waals surface area (Å²) >= 11 is 6.07. The quantitative estimate of drug-likeness (QED) is 0.912. The third-order valence-electron chi connectivity index (χ3n) is 2.65. The van der Waals surface area contributed by atoms with Crippen LogP contribution < -0.4 is 0 Å². The number of pyridine rings is 1. The Kier molecular flexibility index (Phi) is 4.13. The van der Waals surface area contributed by atoms with Crippen molar-refractivity contribution in [2.45, 2.75) is 13.5 Å². The molecular weight excluding hydrogens is 246 g/mol. The van der Waals surface area contributed by atoms with Gasteiger partial charge < -0.3 is 5.11 Å². The van der Waals surface area contributed by atoms with E-state index >= 15 is 0 Å². The normalized spacial score (nSPS) is 11.1. The topological polar surface area (TPSA) is 33.1 Å². The highest BCUT2D eigenvalue weighted by atomic mass is 35.5. The van der Waals surface area contributed by atoms with E-state index in [1.165, 1.54) is 0 Å². The first kappa shape index (κ1) is 12.8. The van der Waals surface area contributed by atoms with Gasteiger partial charge >= 0.3 is 0 Å². The smallest absolute Gasteiger partial charge is 0.0702 e. The van der Waals surface area contributed by atoms with Crippen LogP contribution in [0.4, 0.5) is 0 Å². The molecule has 0 fully saturated rings. The summed E-state index contributed by atoms with van der Waals surface area (Å²) in [6.07, 6.45) is 3.78. The predicted octanol–water partition coefficient (Wildman–Crippen LogP) is 3.71. The second-order valence-electron chi connectivity index (χ2n) is 4.01. The van der Waals surface area contributed by atoms with Crippen LogP contribution in [0.3, 0.4) is 0 Å². The fourth-order valence-electron chi connectivity index (χ4n) is 1.66. The summed E-state index contributed by atoms with van der Waals surface area (Å²) < 4.78 is 0. The molecule has 1 N–H and O–H groups in total. The van der Waals surface area contributed by atoms with E-state index in [9.17, 15) is 5.11 Å². The van der Waals surface area contributed by atoms with Gasteiger partial charge in [-0.3, -0.25) is 4.98 Å². The number of hydrogen-bond donors (Lipinski definition) is 1. The van der Waals surface area contributed by atoms with Gasteiger partial charge in [0.15, 0.2) is 0 Å². The van der Waals surface area contributed by atoms with E-state index in [0.717, 1.165) is 22.5 Å². The van der Waals surface area contributed by atoms with Crippen molar-refractivity contribution in [2.75, 3.05) is 0 Å². The third-order valence-corrected chi connectivity index (χ3v) is 2.99. The molecule has 0 saturated carbocycles. The molecule has 0 radical (unpaired) electrons. The van der Waals surface area contributed by atoms with Crippen molar-refractivity contribution in [1.29, 1.82) is 0 Å². The van der Waals surface area contributed by atoms with Crippen molar-refractivity contribution in [3.05, 3.63) is 63.9 Å². The van der Waals surface area contributed by atoms with Gasteiger partial charge in [-0.15, -0.1) is 0 Å². The molecule has 2 rings (SSSR count). The highest BCUT2D eigenvalue weighted by Gasteiger charge is 2.01. The fourth-order valence-corrected chi connectivity index (χ4v) is 1.86. The largest absolute Gasteiger partial charge is 0.392 e. The summed E-state index contributed by atoms with van der Waals surface area (Å²) in [7, 11) is 0. The first-order chi connectivity index (χ1) is 8.70. The molecule has 1 aromatic heterocycles. The Morgan fingerprint density at radius 2 is 1.94 bits per heavy atom. The minimum Gasteiger partial charge on any atom is -0.392 e. The number of aromatic nitrogens is 1. The highest BCUT2D eigenvalue weighted by Crippen LogP contribution is 2.18. The molecule has 0 aliphatic rings. The Morgan fingerprint density at radius 3 is 2.67 bits per heavy atom. The zero-order valence-electron chi connectivity index (χ0n) is 10.1. The summed E-state index contributed by atoms with van der Waals surface area (Å²) in [5.41, 5.74) is 3.44. The van der Waals surface area contributed by atoms with Crippen LogP contribution in [0.1, 0.15) is 22.5 Å². The van der Waals surface area contributed by atoms with E-state index in [-0.39, 0.29) is 6.61 Å². The maximum Gasteiger partial charge on any atom is 0.0702 e. The van der Waals surface area contributed by atoms with Gasteiger partial charge in [0, 0.05) is 16.3 Å². The van der Waals surface area contributed by atoms with Crippen molar-refractivity contribution in [2.24, 2.45) is 0 Å². The molecule has 1 aromatic carbocycles. The van der Waals surface area contributed by atoms with Crippen molar-refractivity contribution in [3.8, 4) is 0 Å². The van der Waals surface area contributed by atoms with Gasteiger partial charge in [0.1, 0.15) is 0 Å². The number of hydrogen-bond acceptors (Lipinski definition) is 2. The molecule has 0 aliphatic heterocycles. The van der Waals surface area contributed by atoms with Gasteiger partial charge in [0.25, 0.3) is 0 Å².